The van der Waals surface area contributed by atoms with Crippen molar-refractivity contribution in [3.8, 4) is 17.0 Å². The van der Waals surface area contributed by atoms with Crippen LogP contribution in [0.3, 0.4) is 0 Å². The number of aliphatic hydroxyl groups excluding tert-OH is 1. The molecule has 0 aliphatic carbocycles. The van der Waals surface area contributed by atoms with Crippen molar-refractivity contribution in [1.82, 2.24) is 9.88 Å². The molecule has 2 N–H and O–H groups in total. The quantitative estimate of drug-likeness (QED) is 0.612. The first-order chi connectivity index (χ1) is 16.5. The third-order valence-electron chi connectivity index (χ3n) is 6.10. The highest BCUT2D eigenvalue weighted by atomic mass is 16.5. The molecule has 0 radical (unpaired) electrons. The van der Waals surface area contributed by atoms with Crippen molar-refractivity contribution >= 4 is 17.5 Å². The van der Waals surface area contributed by atoms with E-state index in [-0.39, 0.29) is 19.2 Å². The Morgan fingerprint density at radius 1 is 1.15 bits per heavy atom. The van der Waals surface area contributed by atoms with Crippen LogP contribution in [0.5, 0.6) is 5.88 Å². The molecule has 0 unspecified atom stereocenters. The van der Waals surface area contributed by atoms with Gasteiger partial charge in [-0.05, 0) is 54.7 Å². The third-order valence-corrected chi connectivity index (χ3v) is 6.10. The smallest absolute Gasteiger partial charge is 0.321 e. The average molecular weight is 471 g/mol. The highest BCUT2D eigenvalue weighted by molar-refractivity contribution is 5.90. The van der Waals surface area contributed by atoms with Gasteiger partial charge < -0.3 is 34.4 Å². The lowest BCUT2D eigenvalue weighted by molar-refractivity contribution is 0.0314. The Kier molecular flexibility index (Phi) is 8.21. The molecule has 2 amide bonds. The van der Waals surface area contributed by atoms with Crippen LogP contribution in [0.4, 0.5) is 16.3 Å². The fraction of sp³-hybridized carbons (Fsp3) is 0.520. The van der Waals surface area contributed by atoms with Crippen LogP contribution in [0.25, 0.3) is 11.1 Å². The zero-order valence-electron chi connectivity index (χ0n) is 20.0. The first kappa shape index (κ1) is 24.3. The summed E-state index contributed by atoms with van der Waals surface area (Å²) in [5.41, 5.74) is 3.74. The minimum Gasteiger partial charge on any atom is -0.475 e. The Hall–Kier alpha value is -2.88. The van der Waals surface area contributed by atoms with E-state index in [1.165, 1.54) is 7.11 Å². The first-order valence-corrected chi connectivity index (χ1v) is 11.8. The molecule has 34 heavy (non-hydrogen) atoms. The molecule has 1 aromatic heterocycles. The molecule has 2 aliphatic heterocycles. The number of hydrogen-bond acceptors (Lipinski definition) is 7. The molecule has 0 spiro atoms. The number of likely N-dealkylation sites (tertiary alicyclic amines) is 1. The van der Waals surface area contributed by atoms with E-state index in [1.54, 1.807) is 0 Å². The molecule has 2 fully saturated rings. The summed E-state index contributed by atoms with van der Waals surface area (Å²) in [5, 5.41) is 13.1. The lowest BCUT2D eigenvalue weighted by Gasteiger charge is -2.28. The maximum Gasteiger partial charge on any atom is 0.321 e. The minimum atomic E-state index is -0.742. The summed E-state index contributed by atoms with van der Waals surface area (Å²) in [4.78, 5) is 21.3. The predicted molar refractivity (Wildman–Crippen MR) is 131 cm³/mol. The number of carbonyl (C=O) groups excluding carboxylic acids is 1. The van der Waals surface area contributed by atoms with Crippen LogP contribution in [0, 0.1) is 6.92 Å². The summed E-state index contributed by atoms with van der Waals surface area (Å²) in [6, 6.07) is 9.77. The Morgan fingerprint density at radius 3 is 2.65 bits per heavy atom. The summed E-state index contributed by atoms with van der Waals surface area (Å²) < 4.78 is 16.3. The number of carbonyl (C=O) groups is 1. The Morgan fingerprint density at radius 2 is 1.91 bits per heavy atom. The number of nitrogens with zero attached hydrogens (tertiary/aromatic N) is 3. The van der Waals surface area contributed by atoms with Crippen LogP contribution in [0.1, 0.15) is 18.4 Å². The number of rotatable bonds is 8. The van der Waals surface area contributed by atoms with Gasteiger partial charge in [0.05, 0.1) is 19.8 Å². The number of pyridine rings is 1. The van der Waals surface area contributed by atoms with E-state index >= 15 is 0 Å². The van der Waals surface area contributed by atoms with Gasteiger partial charge in [-0.2, -0.15) is 4.98 Å². The molecule has 1 atom stereocenters. The van der Waals surface area contributed by atoms with Crippen LogP contribution in [-0.4, -0.2) is 86.8 Å². The number of aliphatic hydroxyl groups is 1. The summed E-state index contributed by atoms with van der Waals surface area (Å²) in [5.74, 6) is 1.22. The van der Waals surface area contributed by atoms with Crippen molar-refractivity contribution in [2.75, 3.05) is 69.9 Å². The number of ether oxygens (including phenoxy) is 3. The molecule has 9 heteroatoms. The van der Waals surface area contributed by atoms with Gasteiger partial charge in [-0.1, -0.05) is 6.07 Å². The minimum absolute atomic E-state index is 0.0628. The van der Waals surface area contributed by atoms with E-state index in [9.17, 15) is 9.90 Å². The fourth-order valence-corrected chi connectivity index (χ4v) is 4.23. The monoisotopic (exact) mass is 470 g/mol. The molecule has 9 nitrogen and oxygen atoms in total. The predicted octanol–water partition coefficient (Wildman–Crippen LogP) is 2.91. The summed E-state index contributed by atoms with van der Waals surface area (Å²) in [6.45, 7) is 6.68. The van der Waals surface area contributed by atoms with Gasteiger partial charge in [0.1, 0.15) is 18.5 Å². The molecule has 1 aromatic carbocycles. The second kappa shape index (κ2) is 11.5. The molecule has 2 saturated heterocycles. The molecular formula is C25H34N4O5. The third kappa shape index (κ3) is 6.16. The lowest BCUT2D eigenvalue weighted by atomic mass is 10.0. The van der Waals surface area contributed by atoms with E-state index in [0.29, 0.717) is 19.1 Å². The van der Waals surface area contributed by atoms with Crippen LogP contribution in [0.15, 0.2) is 30.3 Å². The highest BCUT2D eigenvalue weighted by Gasteiger charge is 2.19. The summed E-state index contributed by atoms with van der Waals surface area (Å²) in [7, 11) is 1.54. The normalized spacial score (nSPS) is 17.0. The van der Waals surface area contributed by atoms with Crippen molar-refractivity contribution in [1.29, 1.82) is 0 Å². The average Bonchev–Trinajstić information content (AvgIpc) is 3.40. The van der Waals surface area contributed by atoms with Gasteiger partial charge in [-0.15, -0.1) is 0 Å². The molecule has 3 heterocycles. The fourth-order valence-electron chi connectivity index (χ4n) is 4.23. The van der Waals surface area contributed by atoms with Crippen LogP contribution in [-0.2, 0) is 9.47 Å². The van der Waals surface area contributed by atoms with Gasteiger partial charge in [-0.3, -0.25) is 0 Å². The number of urea groups is 1. The maximum absolute atomic E-state index is 12.6. The van der Waals surface area contributed by atoms with Gasteiger partial charge in [0.15, 0.2) is 0 Å². The molecule has 184 valence electrons. The molecule has 4 rings (SSSR count). The van der Waals surface area contributed by atoms with Gasteiger partial charge in [0.2, 0.25) is 5.88 Å². The van der Waals surface area contributed by atoms with Crippen LogP contribution in [0.2, 0.25) is 0 Å². The highest BCUT2D eigenvalue weighted by Crippen LogP contribution is 2.32. The maximum atomic E-state index is 12.6. The molecule has 0 bridgehead atoms. The zero-order valence-corrected chi connectivity index (χ0v) is 20.0. The van der Waals surface area contributed by atoms with E-state index < -0.39 is 6.10 Å². The largest absolute Gasteiger partial charge is 0.475 e. The number of nitrogens with one attached hydrogen (secondary N) is 1. The van der Waals surface area contributed by atoms with Gasteiger partial charge in [-0.25, -0.2) is 4.79 Å². The Labute approximate surface area is 200 Å². The van der Waals surface area contributed by atoms with E-state index in [2.05, 4.69) is 15.2 Å². The first-order valence-electron chi connectivity index (χ1n) is 11.8. The summed E-state index contributed by atoms with van der Waals surface area (Å²) in [6.07, 6.45) is 1.36. The standard InChI is InChI=1S/C25H34N4O5/c1-18-5-6-20(26-25(31)29-7-3-4-8-29)15-22(18)19-13-23(28-9-11-33-12-10-28)27-24(14-19)34-17-21(30)16-32-2/h5-6,13-15,21,30H,3-4,7-12,16-17H2,1-2H3,(H,26,31)/t21-/m1/s1. The number of morpholine rings is 1. The topological polar surface area (TPSA) is 96.4 Å². The lowest BCUT2D eigenvalue weighted by Crippen LogP contribution is -2.36. The van der Waals surface area contributed by atoms with Crippen molar-refractivity contribution in [2.45, 2.75) is 25.9 Å². The van der Waals surface area contributed by atoms with E-state index in [4.69, 9.17) is 14.2 Å². The number of anilines is 2. The number of aryl methyl sites for hydroxylation is 1. The molecule has 2 aliphatic rings. The van der Waals surface area contributed by atoms with Crippen molar-refractivity contribution in [3.63, 3.8) is 0 Å². The Balaban J connectivity index is 1.61. The van der Waals surface area contributed by atoms with Gasteiger partial charge in [0.25, 0.3) is 0 Å². The second-order valence-corrected chi connectivity index (χ2v) is 8.73. The number of hydrogen-bond donors (Lipinski definition) is 2. The van der Waals surface area contributed by atoms with Gasteiger partial charge >= 0.3 is 6.03 Å². The Bertz CT molecular complexity index is 974. The number of amides is 2. The number of benzene rings is 1. The second-order valence-electron chi connectivity index (χ2n) is 8.73. The zero-order chi connectivity index (χ0) is 23.9. The molecular weight excluding hydrogens is 436 g/mol. The molecule has 2 aromatic rings. The van der Waals surface area contributed by atoms with E-state index in [0.717, 1.165) is 67.2 Å². The van der Waals surface area contributed by atoms with Crippen molar-refractivity contribution < 1.29 is 24.1 Å². The van der Waals surface area contributed by atoms with Gasteiger partial charge in [0, 0.05) is 45.0 Å². The van der Waals surface area contributed by atoms with Crippen molar-refractivity contribution in [2.24, 2.45) is 0 Å². The SMILES string of the molecule is COC[C@@H](O)COc1cc(-c2cc(NC(=O)N3CCCC3)ccc2C)cc(N2CCOCC2)n1. The van der Waals surface area contributed by atoms with E-state index in [1.807, 2.05) is 42.2 Å². The van der Waals surface area contributed by atoms with Crippen molar-refractivity contribution in [3.05, 3.63) is 35.9 Å². The summed E-state index contributed by atoms with van der Waals surface area (Å²) >= 11 is 0. The number of methoxy groups -OCH3 is 1. The van der Waals surface area contributed by atoms with Crippen LogP contribution < -0.4 is 15.0 Å². The van der Waals surface area contributed by atoms with Crippen LogP contribution >= 0.6 is 0 Å². The number of aromatic nitrogens is 1. The molecule has 0 saturated carbocycles.